The van der Waals surface area contributed by atoms with Crippen molar-refractivity contribution >= 4 is 40.0 Å². The second kappa shape index (κ2) is 11.6. The Bertz CT molecular complexity index is 593. The molecule has 4 N–H and O–H groups in total. The second-order valence-corrected chi connectivity index (χ2v) is 6.22. The number of nitrogens with two attached hydrogens (primary N) is 1. The first-order chi connectivity index (χ1) is 10.5. The van der Waals surface area contributed by atoms with Crippen LogP contribution in [0.5, 0.6) is 0 Å². The number of nitrogens with zero attached hydrogens (tertiary/aromatic N) is 1. The van der Waals surface area contributed by atoms with E-state index in [2.05, 4.69) is 15.6 Å². The van der Waals surface area contributed by atoms with Crippen LogP contribution in [0.2, 0.25) is 0 Å². The number of hydrogen-bond donors (Lipinski definition) is 3. The number of primary sulfonamides is 1. The van der Waals surface area contributed by atoms with Crippen molar-refractivity contribution in [1.29, 1.82) is 0 Å². The van der Waals surface area contributed by atoms with Crippen LogP contribution in [-0.2, 0) is 21.3 Å². The third-order valence-electron chi connectivity index (χ3n) is 2.81. The van der Waals surface area contributed by atoms with Gasteiger partial charge in [0.2, 0.25) is 10.0 Å². The van der Waals surface area contributed by atoms with E-state index < -0.39 is 10.0 Å². The van der Waals surface area contributed by atoms with E-state index >= 15 is 0 Å². The van der Waals surface area contributed by atoms with Crippen molar-refractivity contribution in [3.8, 4) is 0 Å². The first-order valence-corrected chi connectivity index (χ1v) is 8.65. The highest BCUT2D eigenvalue weighted by molar-refractivity contribution is 14.0. The summed E-state index contributed by atoms with van der Waals surface area (Å²) in [5.74, 6) is 0.680. The van der Waals surface area contributed by atoms with E-state index in [-0.39, 0.29) is 28.9 Å². The Morgan fingerprint density at radius 2 is 2.09 bits per heavy atom. The molecule has 0 saturated heterocycles. The predicted molar refractivity (Wildman–Crippen MR) is 103 cm³/mol. The molecular weight excluding hydrogens is 431 g/mol. The Morgan fingerprint density at radius 3 is 2.70 bits per heavy atom. The lowest BCUT2D eigenvalue weighted by Gasteiger charge is -2.11. The molecule has 0 aliphatic carbocycles. The third-order valence-corrected chi connectivity index (χ3v) is 3.72. The molecule has 1 aromatic carbocycles. The van der Waals surface area contributed by atoms with Crippen LogP contribution in [0.15, 0.2) is 34.2 Å². The van der Waals surface area contributed by atoms with Crippen LogP contribution >= 0.6 is 24.0 Å². The van der Waals surface area contributed by atoms with Crippen molar-refractivity contribution in [2.45, 2.75) is 24.8 Å². The SMILES string of the molecule is CCNC(=NCc1cccc(S(N)(=O)=O)c1)NCCCOC.I. The van der Waals surface area contributed by atoms with Crippen LogP contribution < -0.4 is 15.8 Å². The molecule has 0 radical (unpaired) electrons. The number of guanidine groups is 1. The van der Waals surface area contributed by atoms with Crippen LogP contribution in [0, 0.1) is 0 Å². The fraction of sp³-hybridized carbons (Fsp3) is 0.500. The Hall–Kier alpha value is -0.910. The summed E-state index contributed by atoms with van der Waals surface area (Å²) >= 11 is 0. The number of ether oxygens (including phenoxy) is 1. The summed E-state index contributed by atoms with van der Waals surface area (Å²) in [5, 5.41) is 11.4. The van der Waals surface area contributed by atoms with Crippen molar-refractivity contribution < 1.29 is 13.2 Å². The lowest BCUT2D eigenvalue weighted by molar-refractivity contribution is 0.195. The molecule has 0 spiro atoms. The third kappa shape index (κ3) is 9.08. The van der Waals surface area contributed by atoms with Crippen LogP contribution in [0.3, 0.4) is 0 Å². The van der Waals surface area contributed by atoms with Crippen molar-refractivity contribution in [1.82, 2.24) is 10.6 Å². The molecule has 0 aliphatic rings. The van der Waals surface area contributed by atoms with Gasteiger partial charge in [0, 0.05) is 26.8 Å². The number of sulfonamides is 1. The van der Waals surface area contributed by atoms with Gasteiger partial charge in [0.25, 0.3) is 0 Å². The van der Waals surface area contributed by atoms with Gasteiger partial charge in [-0.15, -0.1) is 24.0 Å². The molecule has 0 saturated carbocycles. The van der Waals surface area contributed by atoms with Gasteiger partial charge in [0.05, 0.1) is 11.4 Å². The van der Waals surface area contributed by atoms with Gasteiger partial charge >= 0.3 is 0 Å². The van der Waals surface area contributed by atoms with Crippen molar-refractivity contribution in [3.63, 3.8) is 0 Å². The number of nitrogens with one attached hydrogen (secondary N) is 2. The maximum absolute atomic E-state index is 11.3. The second-order valence-electron chi connectivity index (χ2n) is 4.66. The van der Waals surface area contributed by atoms with E-state index in [0.29, 0.717) is 19.1 Å². The molecule has 1 rings (SSSR count). The molecule has 132 valence electrons. The Balaban J connectivity index is 0.00000484. The van der Waals surface area contributed by atoms with Crippen LogP contribution in [-0.4, -0.2) is 41.2 Å². The van der Waals surface area contributed by atoms with Gasteiger partial charge in [-0.1, -0.05) is 12.1 Å². The first-order valence-electron chi connectivity index (χ1n) is 7.10. The summed E-state index contributed by atoms with van der Waals surface area (Å²) in [7, 11) is -2.02. The Labute approximate surface area is 155 Å². The molecule has 0 atom stereocenters. The molecule has 23 heavy (non-hydrogen) atoms. The zero-order valence-corrected chi connectivity index (χ0v) is 16.6. The minimum atomic E-state index is -3.69. The normalized spacial score (nSPS) is 11.7. The van der Waals surface area contributed by atoms with Crippen molar-refractivity contribution in [3.05, 3.63) is 29.8 Å². The maximum Gasteiger partial charge on any atom is 0.238 e. The fourth-order valence-corrected chi connectivity index (χ4v) is 2.34. The summed E-state index contributed by atoms with van der Waals surface area (Å²) in [6.07, 6.45) is 0.877. The molecule has 7 nitrogen and oxygen atoms in total. The number of hydrogen-bond acceptors (Lipinski definition) is 4. The summed E-state index contributed by atoms with van der Waals surface area (Å²) in [6.45, 7) is 4.52. The molecule has 0 fully saturated rings. The molecule has 0 aromatic heterocycles. The standard InChI is InChI=1S/C14H24N4O3S.HI/c1-3-16-14(17-8-5-9-21-2)18-11-12-6-4-7-13(10-12)22(15,19)20;/h4,6-7,10H,3,5,8-9,11H2,1-2H3,(H2,15,19,20)(H2,16,17,18);1H. The highest BCUT2D eigenvalue weighted by atomic mass is 127. The maximum atomic E-state index is 11.3. The molecule has 1 aromatic rings. The predicted octanol–water partition coefficient (Wildman–Crippen LogP) is 1.04. The quantitative estimate of drug-likeness (QED) is 0.235. The smallest absolute Gasteiger partial charge is 0.238 e. The summed E-state index contributed by atoms with van der Waals surface area (Å²) in [5.41, 5.74) is 0.778. The van der Waals surface area contributed by atoms with E-state index in [0.717, 1.165) is 25.1 Å². The number of methoxy groups -OCH3 is 1. The Kier molecular flexibility index (Phi) is 11.1. The summed E-state index contributed by atoms with van der Waals surface area (Å²) < 4.78 is 27.7. The molecule has 0 amide bonds. The molecule has 0 aliphatic heterocycles. The van der Waals surface area contributed by atoms with Crippen LogP contribution in [0.25, 0.3) is 0 Å². The summed E-state index contributed by atoms with van der Waals surface area (Å²) in [6, 6.07) is 6.47. The monoisotopic (exact) mass is 456 g/mol. The zero-order chi connectivity index (χ0) is 16.4. The molecule has 0 heterocycles. The average molecular weight is 456 g/mol. The number of rotatable bonds is 8. The lowest BCUT2D eigenvalue weighted by Crippen LogP contribution is -2.38. The first kappa shape index (κ1) is 22.1. The minimum Gasteiger partial charge on any atom is -0.385 e. The van der Waals surface area contributed by atoms with Gasteiger partial charge in [-0.3, -0.25) is 0 Å². The van der Waals surface area contributed by atoms with Gasteiger partial charge in [0.1, 0.15) is 0 Å². The van der Waals surface area contributed by atoms with Crippen LogP contribution in [0.1, 0.15) is 18.9 Å². The van der Waals surface area contributed by atoms with Crippen LogP contribution in [0.4, 0.5) is 0 Å². The van der Waals surface area contributed by atoms with E-state index in [1.807, 2.05) is 13.0 Å². The lowest BCUT2D eigenvalue weighted by atomic mass is 10.2. The number of halogens is 1. The molecular formula is C14H25IN4O3S. The summed E-state index contributed by atoms with van der Waals surface area (Å²) in [4.78, 5) is 4.52. The van der Waals surface area contributed by atoms with Gasteiger partial charge in [-0.05, 0) is 31.0 Å². The van der Waals surface area contributed by atoms with Gasteiger partial charge in [0.15, 0.2) is 5.96 Å². The highest BCUT2D eigenvalue weighted by Gasteiger charge is 2.07. The zero-order valence-electron chi connectivity index (χ0n) is 13.4. The molecule has 0 bridgehead atoms. The van der Waals surface area contributed by atoms with Gasteiger partial charge < -0.3 is 15.4 Å². The van der Waals surface area contributed by atoms with Gasteiger partial charge in [-0.25, -0.2) is 18.5 Å². The van der Waals surface area contributed by atoms with Gasteiger partial charge in [-0.2, -0.15) is 0 Å². The van der Waals surface area contributed by atoms with E-state index in [9.17, 15) is 8.42 Å². The van der Waals surface area contributed by atoms with Crippen molar-refractivity contribution in [2.24, 2.45) is 10.1 Å². The number of benzene rings is 1. The van der Waals surface area contributed by atoms with E-state index in [1.165, 1.54) is 12.1 Å². The highest BCUT2D eigenvalue weighted by Crippen LogP contribution is 2.10. The fourth-order valence-electron chi connectivity index (χ4n) is 1.76. The number of aliphatic imine (C=N–C) groups is 1. The average Bonchev–Trinajstić information content (AvgIpc) is 2.48. The molecule has 9 heteroatoms. The largest absolute Gasteiger partial charge is 0.385 e. The van der Waals surface area contributed by atoms with Crippen molar-refractivity contribution in [2.75, 3.05) is 26.8 Å². The Morgan fingerprint density at radius 1 is 1.35 bits per heavy atom. The topological polar surface area (TPSA) is 106 Å². The minimum absolute atomic E-state index is 0. The van der Waals surface area contributed by atoms with E-state index in [4.69, 9.17) is 9.88 Å². The molecule has 0 unspecified atom stereocenters. The van der Waals surface area contributed by atoms with E-state index in [1.54, 1.807) is 13.2 Å².